The Balaban J connectivity index is 2.24. The summed E-state index contributed by atoms with van der Waals surface area (Å²) < 4.78 is 5.20. The molecule has 0 atom stereocenters. The molecule has 1 heterocycles. The number of hydrogen-bond acceptors (Lipinski definition) is 4. The molecule has 0 aliphatic carbocycles. The summed E-state index contributed by atoms with van der Waals surface area (Å²) in [5, 5.41) is 0. The fourth-order valence-electron chi connectivity index (χ4n) is 0.766. The van der Waals surface area contributed by atoms with Gasteiger partial charge in [0.05, 0.1) is 19.2 Å². The van der Waals surface area contributed by atoms with Crippen molar-refractivity contribution < 1.29 is 9.53 Å². The number of rotatable bonds is 4. The van der Waals surface area contributed by atoms with Gasteiger partial charge < -0.3 is 4.74 Å². The van der Waals surface area contributed by atoms with Crippen molar-refractivity contribution in [3.63, 3.8) is 0 Å². The number of aromatic nitrogens is 1. The minimum atomic E-state index is -0.246. The van der Waals surface area contributed by atoms with E-state index in [2.05, 4.69) is 4.98 Å². The molecular formula is C8H11N3O2. The first-order valence-electron chi connectivity index (χ1n) is 3.85. The van der Waals surface area contributed by atoms with E-state index in [0.717, 1.165) is 0 Å². The van der Waals surface area contributed by atoms with Crippen molar-refractivity contribution in [2.75, 3.05) is 6.61 Å². The molecule has 0 saturated carbocycles. The normalized spacial score (nSPS) is 9.31. The molecule has 1 rings (SSSR count). The van der Waals surface area contributed by atoms with Crippen LogP contribution in [0.2, 0.25) is 0 Å². The van der Waals surface area contributed by atoms with Crippen LogP contribution >= 0.6 is 0 Å². The van der Waals surface area contributed by atoms with Crippen molar-refractivity contribution in [2.24, 2.45) is 5.84 Å². The molecule has 0 aliphatic rings. The second-order valence-electron chi connectivity index (χ2n) is 2.35. The number of nitrogens with zero attached hydrogens (tertiary/aromatic N) is 1. The monoisotopic (exact) mass is 181 g/mol. The zero-order chi connectivity index (χ0) is 9.52. The lowest BCUT2D eigenvalue weighted by Gasteiger charge is -2.03. The molecule has 0 spiro atoms. The molecule has 0 aliphatic heterocycles. The lowest BCUT2D eigenvalue weighted by Crippen LogP contribution is -2.31. The Morgan fingerprint density at radius 1 is 1.69 bits per heavy atom. The third-order valence-corrected chi connectivity index (χ3v) is 1.39. The van der Waals surface area contributed by atoms with E-state index in [-0.39, 0.29) is 12.3 Å². The molecule has 0 radical (unpaired) electrons. The van der Waals surface area contributed by atoms with E-state index < -0.39 is 0 Å². The molecule has 0 fully saturated rings. The predicted octanol–water partition coefficient (Wildman–Crippen LogP) is -0.160. The molecule has 1 amide bonds. The van der Waals surface area contributed by atoms with Gasteiger partial charge in [-0.25, -0.2) is 5.84 Å². The molecule has 0 saturated heterocycles. The van der Waals surface area contributed by atoms with E-state index in [9.17, 15) is 4.79 Å². The number of carbonyl (C=O) groups is 1. The molecule has 3 N–H and O–H groups in total. The second-order valence-corrected chi connectivity index (χ2v) is 2.35. The highest BCUT2D eigenvalue weighted by molar-refractivity contribution is 5.75. The SMILES string of the molecule is NNC(=O)CCOc1cccnc1. The maximum Gasteiger partial charge on any atom is 0.237 e. The zero-order valence-corrected chi connectivity index (χ0v) is 7.06. The molecule has 0 bridgehead atoms. The third-order valence-electron chi connectivity index (χ3n) is 1.39. The third kappa shape index (κ3) is 3.53. The Labute approximate surface area is 75.9 Å². The summed E-state index contributed by atoms with van der Waals surface area (Å²) >= 11 is 0. The molecule has 70 valence electrons. The Kier molecular flexibility index (Phi) is 3.72. The van der Waals surface area contributed by atoms with Gasteiger partial charge in [0, 0.05) is 6.20 Å². The van der Waals surface area contributed by atoms with Gasteiger partial charge in [0.15, 0.2) is 0 Å². The van der Waals surface area contributed by atoms with Crippen LogP contribution in [0.25, 0.3) is 0 Å². The summed E-state index contributed by atoms with van der Waals surface area (Å²) in [6.07, 6.45) is 3.48. The van der Waals surface area contributed by atoms with E-state index >= 15 is 0 Å². The average Bonchev–Trinajstić information content (AvgIpc) is 2.19. The predicted molar refractivity (Wildman–Crippen MR) is 46.7 cm³/mol. The molecule has 1 aromatic heterocycles. The number of ether oxygens (including phenoxy) is 1. The summed E-state index contributed by atoms with van der Waals surface area (Å²) in [5.41, 5.74) is 2.02. The highest BCUT2D eigenvalue weighted by atomic mass is 16.5. The standard InChI is InChI=1S/C8H11N3O2/c9-11-8(12)3-5-13-7-2-1-4-10-6-7/h1-2,4,6H,3,5,9H2,(H,11,12). The van der Waals surface area contributed by atoms with E-state index in [1.807, 2.05) is 5.43 Å². The summed E-state index contributed by atoms with van der Waals surface area (Å²) in [6.45, 7) is 0.300. The molecule has 0 unspecified atom stereocenters. The first kappa shape index (κ1) is 9.47. The fraction of sp³-hybridized carbons (Fsp3) is 0.250. The van der Waals surface area contributed by atoms with Crippen LogP contribution in [0.15, 0.2) is 24.5 Å². The number of hydrogen-bond donors (Lipinski definition) is 2. The van der Waals surface area contributed by atoms with E-state index in [0.29, 0.717) is 12.4 Å². The topological polar surface area (TPSA) is 77.2 Å². The highest BCUT2D eigenvalue weighted by Crippen LogP contribution is 2.05. The number of amides is 1. The Bertz CT molecular complexity index is 263. The van der Waals surface area contributed by atoms with Crippen molar-refractivity contribution >= 4 is 5.91 Å². The smallest absolute Gasteiger partial charge is 0.237 e. The molecule has 5 heteroatoms. The molecular weight excluding hydrogens is 170 g/mol. The Morgan fingerprint density at radius 3 is 3.15 bits per heavy atom. The van der Waals surface area contributed by atoms with Gasteiger partial charge >= 0.3 is 0 Å². The van der Waals surface area contributed by atoms with Crippen molar-refractivity contribution in [1.82, 2.24) is 10.4 Å². The van der Waals surface area contributed by atoms with Gasteiger partial charge in [-0.05, 0) is 12.1 Å². The number of nitrogens with one attached hydrogen (secondary N) is 1. The number of nitrogens with two attached hydrogens (primary N) is 1. The van der Waals surface area contributed by atoms with Crippen LogP contribution in [0.1, 0.15) is 6.42 Å². The molecule has 0 aromatic carbocycles. The molecule has 1 aromatic rings. The summed E-state index contributed by atoms with van der Waals surface area (Å²) in [6, 6.07) is 3.53. The number of hydrazine groups is 1. The Hall–Kier alpha value is -1.62. The largest absolute Gasteiger partial charge is 0.491 e. The van der Waals surface area contributed by atoms with Crippen molar-refractivity contribution in [2.45, 2.75) is 6.42 Å². The minimum absolute atomic E-state index is 0.241. The average molecular weight is 181 g/mol. The van der Waals surface area contributed by atoms with Crippen LogP contribution in [-0.4, -0.2) is 17.5 Å². The van der Waals surface area contributed by atoms with E-state index in [1.165, 1.54) is 0 Å². The van der Waals surface area contributed by atoms with E-state index in [4.69, 9.17) is 10.6 Å². The Morgan fingerprint density at radius 2 is 2.54 bits per heavy atom. The number of pyridine rings is 1. The van der Waals surface area contributed by atoms with Crippen molar-refractivity contribution in [3.05, 3.63) is 24.5 Å². The molecule has 5 nitrogen and oxygen atoms in total. The quantitative estimate of drug-likeness (QED) is 0.384. The first-order valence-corrected chi connectivity index (χ1v) is 3.85. The first-order chi connectivity index (χ1) is 6.33. The second kappa shape index (κ2) is 5.10. The fourth-order valence-corrected chi connectivity index (χ4v) is 0.766. The molecule has 13 heavy (non-hydrogen) atoms. The van der Waals surface area contributed by atoms with E-state index in [1.54, 1.807) is 24.5 Å². The van der Waals surface area contributed by atoms with Gasteiger partial charge in [-0.2, -0.15) is 0 Å². The van der Waals surface area contributed by atoms with Crippen LogP contribution < -0.4 is 16.0 Å². The summed E-state index contributed by atoms with van der Waals surface area (Å²) in [7, 11) is 0. The minimum Gasteiger partial charge on any atom is -0.491 e. The van der Waals surface area contributed by atoms with Crippen LogP contribution in [0.3, 0.4) is 0 Å². The van der Waals surface area contributed by atoms with Gasteiger partial charge in [-0.3, -0.25) is 15.2 Å². The van der Waals surface area contributed by atoms with Crippen LogP contribution in [0.5, 0.6) is 5.75 Å². The summed E-state index contributed by atoms with van der Waals surface area (Å²) in [5.74, 6) is 5.28. The van der Waals surface area contributed by atoms with Gasteiger partial charge in [-0.15, -0.1) is 0 Å². The van der Waals surface area contributed by atoms with Crippen LogP contribution in [-0.2, 0) is 4.79 Å². The maximum absolute atomic E-state index is 10.7. The number of carbonyl (C=O) groups excluding carboxylic acids is 1. The van der Waals surface area contributed by atoms with Crippen molar-refractivity contribution in [3.8, 4) is 5.75 Å². The van der Waals surface area contributed by atoms with Crippen LogP contribution in [0, 0.1) is 0 Å². The van der Waals surface area contributed by atoms with Crippen molar-refractivity contribution in [1.29, 1.82) is 0 Å². The van der Waals surface area contributed by atoms with Crippen LogP contribution in [0.4, 0.5) is 0 Å². The van der Waals surface area contributed by atoms with Gasteiger partial charge in [0.25, 0.3) is 0 Å². The maximum atomic E-state index is 10.7. The highest BCUT2D eigenvalue weighted by Gasteiger charge is 1.98. The van der Waals surface area contributed by atoms with Gasteiger partial charge in [-0.1, -0.05) is 0 Å². The van der Waals surface area contributed by atoms with Gasteiger partial charge in [0.2, 0.25) is 5.91 Å². The summed E-state index contributed by atoms with van der Waals surface area (Å²) in [4.78, 5) is 14.5. The van der Waals surface area contributed by atoms with Gasteiger partial charge in [0.1, 0.15) is 5.75 Å². The zero-order valence-electron chi connectivity index (χ0n) is 7.06. The lowest BCUT2D eigenvalue weighted by atomic mass is 10.4. The lowest BCUT2D eigenvalue weighted by molar-refractivity contribution is -0.121.